The Balaban J connectivity index is 2.20. The van der Waals surface area contributed by atoms with Crippen molar-refractivity contribution < 1.29 is 9.18 Å². The molecule has 0 aliphatic rings. The zero-order valence-corrected chi connectivity index (χ0v) is 9.44. The maximum Gasteiger partial charge on any atom is 0.274 e. The van der Waals surface area contributed by atoms with Gasteiger partial charge in [-0.05, 0) is 19.1 Å². The Morgan fingerprint density at radius 2 is 2.24 bits per heavy atom. The molecular weight excluding hydrogens is 223 g/mol. The lowest BCUT2D eigenvalue weighted by atomic mass is 10.3. The van der Waals surface area contributed by atoms with Crippen molar-refractivity contribution in [3.63, 3.8) is 0 Å². The minimum atomic E-state index is -0.680. The number of halogens is 1. The van der Waals surface area contributed by atoms with E-state index in [1.807, 2.05) is 0 Å². The van der Waals surface area contributed by atoms with Gasteiger partial charge in [-0.25, -0.2) is 4.98 Å². The molecule has 2 aromatic rings. The van der Waals surface area contributed by atoms with E-state index < -0.39 is 11.9 Å². The molecule has 17 heavy (non-hydrogen) atoms. The van der Waals surface area contributed by atoms with Gasteiger partial charge < -0.3 is 5.32 Å². The van der Waals surface area contributed by atoms with Crippen molar-refractivity contribution in [3.05, 3.63) is 41.7 Å². The van der Waals surface area contributed by atoms with Gasteiger partial charge in [0.1, 0.15) is 5.69 Å². The molecule has 0 fully saturated rings. The van der Waals surface area contributed by atoms with Crippen LogP contribution in [0.4, 0.5) is 10.1 Å². The first-order valence-corrected chi connectivity index (χ1v) is 5.00. The van der Waals surface area contributed by atoms with E-state index in [1.165, 1.54) is 18.2 Å². The number of nitrogens with one attached hydrogen (secondary N) is 1. The van der Waals surface area contributed by atoms with E-state index in [0.29, 0.717) is 11.4 Å². The highest BCUT2D eigenvalue weighted by atomic mass is 19.1. The Morgan fingerprint density at radius 3 is 2.82 bits per heavy atom. The average molecular weight is 234 g/mol. The van der Waals surface area contributed by atoms with Crippen LogP contribution in [-0.4, -0.2) is 20.7 Å². The van der Waals surface area contributed by atoms with Crippen molar-refractivity contribution in [1.82, 2.24) is 14.8 Å². The number of carbonyl (C=O) groups excluding carboxylic acids is 1. The predicted octanol–water partition coefficient (Wildman–Crippen LogP) is 1.51. The molecular formula is C11H11FN4O. The van der Waals surface area contributed by atoms with E-state index >= 15 is 0 Å². The maximum absolute atomic E-state index is 12.8. The molecule has 0 aliphatic carbocycles. The van der Waals surface area contributed by atoms with Crippen molar-refractivity contribution in [2.45, 2.75) is 6.92 Å². The number of pyridine rings is 1. The normalized spacial score (nSPS) is 10.3. The molecule has 2 heterocycles. The topological polar surface area (TPSA) is 59.8 Å². The highest BCUT2D eigenvalue weighted by Crippen LogP contribution is 2.12. The second-order valence-corrected chi connectivity index (χ2v) is 3.60. The Bertz CT molecular complexity index is 564. The molecule has 0 spiro atoms. The van der Waals surface area contributed by atoms with Gasteiger partial charge in [-0.15, -0.1) is 0 Å². The summed E-state index contributed by atoms with van der Waals surface area (Å²) in [7, 11) is 1.75. The second-order valence-electron chi connectivity index (χ2n) is 3.60. The molecule has 0 unspecified atom stereocenters. The Labute approximate surface area is 97.3 Å². The van der Waals surface area contributed by atoms with Gasteiger partial charge >= 0.3 is 0 Å². The van der Waals surface area contributed by atoms with Gasteiger partial charge in [0.05, 0.1) is 11.4 Å². The highest BCUT2D eigenvalue weighted by molar-refractivity contribution is 6.03. The number of aromatic nitrogens is 3. The molecule has 0 atom stereocenters. The van der Waals surface area contributed by atoms with Gasteiger partial charge in [-0.3, -0.25) is 9.48 Å². The van der Waals surface area contributed by atoms with Crippen LogP contribution in [0.2, 0.25) is 0 Å². The summed E-state index contributed by atoms with van der Waals surface area (Å²) >= 11 is 0. The van der Waals surface area contributed by atoms with Crippen LogP contribution in [0.1, 0.15) is 16.2 Å². The van der Waals surface area contributed by atoms with E-state index in [9.17, 15) is 9.18 Å². The number of amides is 1. The Hall–Kier alpha value is -2.24. The summed E-state index contributed by atoms with van der Waals surface area (Å²) in [5.41, 5.74) is 1.31. The number of rotatable bonds is 2. The summed E-state index contributed by atoms with van der Waals surface area (Å²) in [5.74, 6) is -1.14. The smallest absolute Gasteiger partial charge is 0.274 e. The molecule has 0 aliphatic heterocycles. The summed E-state index contributed by atoms with van der Waals surface area (Å²) in [6, 6.07) is 4.07. The molecule has 2 aromatic heterocycles. The lowest BCUT2D eigenvalue weighted by Crippen LogP contribution is -2.14. The predicted molar refractivity (Wildman–Crippen MR) is 60.1 cm³/mol. The van der Waals surface area contributed by atoms with Gasteiger partial charge in [-0.2, -0.15) is 9.49 Å². The van der Waals surface area contributed by atoms with Gasteiger partial charge in [0.15, 0.2) is 0 Å². The molecule has 6 heteroatoms. The van der Waals surface area contributed by atoms with E-state index in [1.54, 1.807) is 24.9 Å². The van der Waals surface area contributed by atoms with Gasteiger partial charge in [0, 0.05) is 13.2 Å². The fraction of sp³-hybridized carbons (Fsp3) is 0.182. The lowest BCUT2D eigenvalue weighted by molar-refractivity contribution is 0.102. The van der Waals surface area contributed by atoms with E-state index in [-0.39, 0.29) is 5.69 Å². The quantitative estimate of drug-likeness (QED) is 0.801. The molecule has 5 nitrogen and oxygen atoms in total. The standard InChI is InChI=1S/C11H11FN4O/c1-7-9(6-16(2)15-7)14-11(17)8-4-3-5-10(12)13-8/h3-6H,1-2H3,(H,14,17). The molecule has 1 N–H and O–H groups in total. The number of hydrogen-bond donors (Lipinski definition) is 1. The number of nitrogens with zero attached hydrogens (tertiary/aromatic N) is 3. The van der Waals surface area contributed by atoms with Gasteiger partial charge in [0.25, 0.3) is 5.91 Å². The SMILES string of the molecule is Cc1nn(C)cc1NC(=O)c1cccc(F)n1. The third kappa shape index (κ3) is 2.47. The first kappa shape index (κ1) is 11.3. The molecule has 2 rings (SSSR count). The fourth-order valence-corrected chi connectivity index (χ4v) is 1.44. The van der Waals surface area contributed by atoms with Crippen molar-refractivity contribution in [2.24, 2.45) is 7.05 Å². The minimum absolute atomic E-state index is 0.0354. The zero-order valence-electron chi connectivity index (χ0n) is 9.44. The van der Waals surface area contributed by atoms with Crippen LogP contribution in [0.25, 0.3) is 0 Å². The number of aryl methyl sites for hydroxylation is 2. The molecule has 1 amide bonds. The second kappa shape index (κ2) is 4.32. The summed E-state index contributed by atoms with van der Waals surface area (Å²) in [6.45, 7) is 1.77. The van der Waals surface area contributed by atoms with Crippen LogP contribution in [0.5, 0.6) is 0 Å². The third-order valence-electron chi connectivity index (χ3n) is 2.21. The molecule has 0 saturated carbocycles. The Kier molecular flexibility index (Phi) is 2.86. The fourth-order valence-electron chi connectivity index (χ4n) is 1.44. The van der Waals surface area contributed by atoms with Crippen LogP contribution in [-0.2, 0) is 7.05 Å². The number of anilines is 1. The monoisotopic (exact) mass is 234 g/mol. The molecule has 0 radical (unpaired) electrons. The lowest BCUT2D eigenvalue weighted by Gasteiger charge is -2.02. The van der Waals surface area contributed by atoms with Crippen LogP contribution in [0.15, 0.2) is 24.4 Å². The molecule has 88 valence electrons. The minimum Gasteiger partial charge on any atom is -0.318 e. The van der Waals surface area contributed by atoms with Crippen LogP contribution in [0, 0.1) is 12.9 Å². The summed E-state index contributed by atoms with van der Waals surface area (Å²) in [5, 5.41) is 6.71. The first-order valence-electron chi connectivity index (χ1n) is 5.00. The first-order chi connectivity index (χ1) is 8.06. The van der Waals surface area contributed by atoms with E-state index in [2.05, 4.69) is 15.4 Å². The summed E-state index contributed by atoms with van der Waals surface area (Å²) in [6.07, 6.45) is 1.67. The van der Waals surface area contributed by atoms with Crippen LogP contribution < -0.4 is 5.32 Å². The van der Waals surface area contributed by atoms with Crippen LogP contribution >= 0.6 is 0 Å². The molecule has 0 aromatic carbocycles. The van der Waals surface area contributed by atoms with Gasteiger partial charge in [-0.1, -0.05) is 6.07 Å². The molecule has 0 saturated heterocycles. The van der Waals surface area contributed by atoms with E-state index in [4.69, 9.17) is 0 Å². The van der Waals surface area contributed by atoms with E-state index in [0.717, 1.165) is 0 Å². The summed E-state index contributed by atoms with van der Waals surface area (Å²) in [4.78, 5) is 15.3. The largest absolute Gasteiger partial charge is 0.318 e. The molecule has 0 bridgehead atoms. The Morgan fingerprint density at radius 1 is 1.47 bits per heavy atom. The number of carbonyl (C=O) groups is 1. The number of hydrogen-bond acceptors (Lipinski definition) is 3. The van der Waals surface area contributed by atoms with Crippen molar-refractivity contribution in [2.75, 3.05) is 5.32 Å². The van der Waals surface area contributed by atoms with Crippen LogP contribution in [0.3, 0.4) is 0 Å². The maximum atomic E-state index is 12.8. The zero-order chi connectivity index (χ0) is 12.4. The van der Waals surface area contributed by atoms with Crippen molar-refractivity contribution >= 4 is 11.6 Å². The van der Waals surface area contributed by atoms with Crippen molar-refractivity contribution in [3.8, 4) is 0 Å². The summed E-state index contributed by atoms with van der Waals surface area (Å²) < 4.78 is 14.4. The third-order valence-corrected chi connectivity index (χ3v) is 2.21. The van der Waals surface area contributed by atoms with Crippen molar-refractivity contribution in [1.29, 1.82) is 0 Å². The average Bonchev–Trinajstić information content (AvgIpc) is 2.57. The van der Waals surface area contributed by atoms with Gasteiger partial charge in [0.2, 0.25) is 5.95 Å². The highest BCUT2D eigenvalue weighted by Gasteiger charge is 2.11.